The van der Waals surface area contributed by atoms with E-state index < -0.39 is 94.5 Å². The Bertz CT molecular complexity index is 3240. The molecule has 0 spiro atoms. The smallest absolute Gasteiger partial charge is 0.300 e. The average Bonchev–Trinajstić information content (AvgIpc) is 4.40. The number of nitrogens with zero attached hydrogens (tertiary/aromatic N) is 5. The molecule has 4 aromatic carbocycles. The summed E-state index contributed by atoms with van der Waals surface area (Å²) in [4.78, 5) is 129. The first-order valence-electron chi connectivity index (χ1n) is 27.3. The number of rotatable bonds is 26. The van der Waals surface area contributed by atoms with Gasteiger partial charge in [-0.2, -0.15) is 0 Å². The lowest BCUT2D eigenvalue weighted by molar-refractivity contribution is -0.383. The molecule has 4 heterocycles. The number of nitro groups is 1. The summed E-state index contributed by atoms with van der Waals surface area (Å²) in [5.74, 6) is -4.84. The summed E-state index contributed by atoms with van der Waals surface area (Å²) in [6.07, 6.45) is 5.52. The predicted molar refractivity (Wildman–Crippen MR) is 298 cm³/mol. The number of fused-ring (bicyclic) bond motifs is 2. The summed E-state index contributed by atoms with van der Waals surface area (Å²) in [5, 5.41) is 36.9. The van der Waals surface area contributed by atoms with Gasteiger partial charge >= 0.3 is 5.69 Å². The molecule has 2 aliphatic heterocycles. The number of benzene rings is 4. The first-order chi connectivity index (χ1) is 39.1. The minimum atomic E-state index is -1.32. The number of amides is 8. The highest BCUT2D eigenvalue weighted by atomic mass is 16.6. The summed E-state index contributed by atoms with van der Waals surface area (Å²) in [6.45, 7) is 4.06. The monoisotopic (exact) mass is 1110 g/mol. The number of carbonyl (C=O) groups excluding carboxylic acids is 8. The van der Waals surface area contributed by atoms with Crippen LogP contribution in [0, 0.1) is 10.1 Å². The maximum atomic E-state index is 15.0. The van der Waals surface area contributed by atoms with Gasteiger partial charge in [-0.1, -0.05) is 86.5 Å². The van der Waals surface area contributed by atoms with Crippen LogP contribution in [0.5, 0.6) is 0 Å². The molecule has 0 bridgehead atoms. The van der Waals surface area contributed by atoms with Gasteiger partial charge in [0.2, 0.25) is 46.9 Å². The van der Waals surface area contributed by atoms with E-state index in [-0.39, 0.29) is 67.6 Å². The zero-order valence-corrected chi connectivity index (χ0v) is 45.1. The highest BCUT2D eigenvalue weighted by Crippen LogP contribution is 2.30. The SMILES string of the molecule is CCCC[C@H](NC(=O)[C@@H]1CCCN1C(=O)[C@H]1CCCN1C(=O)[C@H](Cc1ccccc1)NC(=O)[C@@H](Cc1c[nH]c2ccccc12)NC(=O)[C@H](C)NC(=O)[C@H](CCCNc1ccc([N+](=O)[O-])c2nonc12)NC(=O)c1ccccc1)C(N)=O. The Morgan fingerprint density at radius 1 is 0.716 bits per heavy atom. The second-order valence-electron chi connectivity index (χ2n) is 20.4. The number of likely N-dealkylation sites (tertiary alicyclic amines) is 2. The maximum Gasteiger partial charge on any atom is 0.300 e. The van der Waals surface area contributed by atoms with E-state index in [1.807, 2.05) is 37.3 Å². The average molecular weight is 1110 g/mol. The number of para-hydroxylation sites is 1. The molecule has 2 aromatic heterocycles. The molecular weight excluding hydrogens is 1040 g/mol. The van der Waals surface area contributed by atoms with Crippen LogP contribution >= 0.6 is 0 Å². The van der Waals surface area contributed by atoms with E-state index in [1.54, 1.807) is 60.8 Å². The lowest BCUT2D eigenvalue weighted by atomic mass is 10.0. The minimum Gasteiger partial charge on any atom is -0.383 e. The Morgan fingerprint density at radius 2 is 1.37 bits per heavy atom. The van der Waals surface area contributed by atoms with Crippen molar-refractivity contribution >= 4 is 80.6 Å². The van der Waals surface area contributed by atoms with E-state index in [9.17, 15) is 48.5 Å². The van der Waals surface area contributed by atoms with Gasteiger partial charge in [0.25, 0.3) is 5.91 Å². The van der Waals surface area contributed by atoms with Crippen LogP contribution in [-0.4, -0.2) is 139 Å². The second kappa shape index (κ2) is 27.1. The van der Waals surface area contributed by atoms with Crippen LogP contribution in [0.25, 0.3) is 21.9 Å². The van der Waals surface area contributed by atoms with Gasteiger partial charge in [0.05, 0.1) is 10.6 Å². The van der Waals surface area contributed by atoms with E-state index >= 15 is 0 Å². The van der Waals surface area contributed by atoms with Crippen molar-refractivity contribution in [3.05, 3.63) is 130 Å². The third-order valence-corrected chi connectivity index (χ3v) is 14.8. The van der Waals surface area contributed by atoms with Crippen molar-refractivity contribution in [3.8, 4) is 0 Å². The first-order valence-corrected chi connectivity index (χ1v) is 27.3. The molecule has 8 amide bonds. The van der Waals surface area contributed by atoms with Crippen LogP contribution in [0.2, 0.25) is 0 Å². The summed E-state index contributed by atoms with van der Waals surface area (Å²) in [6, 6.07) is 19.7. The topological polar surface area (TPSA) is 339 Å². The van der Waals surface area contributed by atoms with E-state index in [2.05, 4.69) is 47.2 Å². The van der Waals surface area contributed by atoms with Crippen molar-refractivity contribution in [1.29, 1.82) is 0 Å². The highest BCUT2D eigenvalue weighted by molar-refractivity contribution is 6.00. The molecule has 2 fully saturated rings. The van der Waals surface area contributed by atoms with Crippen molar-refractivity contribution in [1.82, 2.24) is 51.7 Å². The lowest BCUT2D eigenvalue weighted by Crippen LogP contribution is -2.60. The Morgan fingerprint density at radius 3 is 2.10 bits per heavy atom. The number of aromatic nitrogens is 3. The predicted octanol–water partition coefficient (Wildman–Crippen LogP) is 3.71. The van der Waals surface area contributed by atoms with Gasteiger partial charge in [-0.25, -0.2) is 4.63 Å². The van der Waals surface area contributed by atoms with Gasteiger partial charge in [-0.05, 0) is 97.6 Å². The summed E-state index contributed by atoms with van der Waals surface area (Å²) in [5.41, 5.74) is 8.25. The molecular formula is C57H67N13O11. The zero-order valence-electron chi connectivity index (χ0n) is 45.1. The number of aromatic amines is 1. The third-order valence-electron chi connectivity index (χ3n) is 14.8. The molecule has 2 aliphatic rings. The van der Waals surface area contributed by atoms with Crippen LogP contribution in [0.15, 0.2) is 108 Å². The van der Waals surface area contributed by atoms with Crippen molar-refractivity contribution in [3.63, 3.8) is 0 Å². The fraction of sp³-hybridized carbons (Fsp3) is 0.404. The summed E-state index contributed by atoms with van der Waals surface area (Å²) in [7, 11) is 0. The van der Waals surface area contributed by atoms with Gasteiger partial charge < -0.3 is 52.4 Å². The van der Waals surface area contributed by atoms with E-state index in [1.165, 1.54) is 28.9 Å². The van der Waals surface area contributed by atoms with Crippen LogP contribution < -0.4 is 37.6 Å². The van der Waals surface area contributed by atoms with Crippen LogP contribution in [-0.2, 0) is 46.4 Å². The number of nitrogens with one attached hydrogen (secondary N) is 7. The molecule has 0 unspecified atom stereocenters. The van der Waals surface area contributed by atoms with E-state index in [0.29, 0.717) is 55.3 Å². The lowest BCUT2D eigenvalue weighted by Gasteiger charge is -2.33. The summed E-state index contributed by atoms with van der Waals surface area (Å²) >= 11 is 0. The van der Waals surface area contributed by atoms with Gasteiger partial charge in [0.1, 0.15) is 42.3 Å². The minimum absolute atomic E-state index is 0.0191. The number of hydrogen-bond donors (Lipinski definition) is 8. The number of H-pyrrole nitrogens is 1. The number of anilines is 1. The van der Waals surface area contributed by atoms with Gasteiger partial charge in [-0.15, -0.1) is 0 Å². The second-order valence-corrected chi connectivity index (χ2v) is 20.4. The van der Waals surface area contributed by atoms with Gasteiger partial charge in [0, 0.05) is 61.2 Å². The molecule has 81 heavy (non-hydrogen) atoms. The molecule has 426 valence electrons. The Balaban J connectivity index is 0.987. The Labute approximate surface area is 466 Å². The van der Waals surface area contributed by atoms with E-state index in [4.69, 9.17) is 10.4 Å². The molecule has 2 saturated heterocycles. The molecule has 0 radical (unpaired) electrons. The Kier molecular flexibility index (Phi) is 19.4. The van der Waals surface area contributed by atoms with Crippen molar-refractivity contribution in [2.24, 2.45) is 5.73 Å². The number of nitro benzene ring substituents is 1. The standard InChI is InChI=1S/C57H67N13O11/c1-3-4-21-41(50(58)71)62-55(76)46-24-14-29-68(46)57(78)47-25-15-30-69(47)56(77)44(31-35-16-7-5-8-17-35)65-54(75)43(32-37-33-60-39-22-12-11-20-38(37)39)64-51(72)34(2)61-53(74)42(63-52(73)36-18-9-6-10-19-36)23-13-28-59-40-26-27-45(70(79)80)49-48(40)66-81-67-49/h5-12,16-20,22,26-27,33-34,41-44,46-47,59-60H,3-4,13-15,21,23-25,28-32H2,1-2H3,(H2,58,71)(H,61,74)(H,62,76)(H,63,73)(H,64,72)(H,65,75)/t34-,41-,42-,43+,44-,46-,47+/m0/s1. The van der Waals surface area contributed by atoms with Crippen LogP contribution in [0.4, 0.5) is 11.4 Å². The molecule has 24 nitrogen and oxygen atoms in total. The molecule has 7 atom stereocenters. The van der Waals surface area contributed by atoms with E-state index in [0.717, 1.165) is 17.3 Å². The number of carbonyl (C=O) groups is 8. The first kappa shape index (κ1) is 57.9. The molecule has 0 saturated carbocycles. The molecule has 0 aliphatic carbocycles. The van der Waals surface area contributed by atoms with Crippen LogP contribution in [0.1, 0.15) is 93.1 Å². The van der Waals surface area contributed by atoms with Crippen molar-refractivity contribution in [2.75, 3.05) is 25.0 Å². The van der Waals surface area contributed by atoms with Crippen molar-refractivity contribution in [2.45, 2.75) is 127 Å². The van der Waals surface area contributed by atoms with Crippen molar-refractivity contribution < 1.29 is 47.9 Å². The number of non-ortho nitro benzene ring substituents is 1. The normalized spacial score (nSPS) is 16.9. The molecule has 24 heteroatoms. The van der Waals surface area contributed by atoms with Gasteiger partial charge in [0.15, 0.2) is 5.52 Å². The third kappa shape index (κ3) is 14.3. The number of unbranched alkanes of at least 4 members (excludes halogenated alkanes) is 1. The molecule has 8 rings (SSSR count). The zero-order chi connectivity index (χ0) is 57.6. The summed E-state index contributed by atoms with van der Waals surface area (Å²) < 4.78 is 4.77. The number of primary amides is 1. The fourth-order valence-electron chi connectivity index (χ4n) is 10.4. The molecule has 9 N–H and O–H groups in total. The number of nitrogens with two attached hydrogens (primary N) is 1. The Hall–Kier alpha value is -9.22. The largest absolute Gasteiger partial charge is 0.383 e. The van der Waals surface area contributed by atoms with Gasteiger partial charge in [-0.3, -0.25) is 48.5 Å². The maximum absolute atomic E-state index is 15.0. The number of hydrogen-bond acceptors (Lipinski definition) is 14. The fourth-order valence-corrected chi connectivity index (χ4v) is 10.4. The highest BCUT2D eigenvalue weighted by Gasteiger charge is 2.44. The quantitative estimate of drug-likeness (QED) is 0.0218. The molecule has 6 aromatic rings. The van der Waals surface area contributed by atoms with Crippen LogP contribution in [0.3, 0.4) is 0 Å².